The van der Waals surface area contributed by atoms with Crippen molar-refractivity contribution in [1.29, 1.82) is 0 Å². The number of aromatic nitrogens is 2. The Kier molecular flexibility index (Phi) is 31.1. The monoisotopic (exact) mass is 629 g/mol. The van der Waals surface area contributed by atoms with Gasteiger partial charge < -0.3 is 4.57 Å². The number of unbranched alkanes of at least 4 members (excludes halogenated alkanes) is 28. The van der Waals surface area contributed by atoms with Gasteiger partial charge in [-0.2, -0.15) is 0 Å². The van der Waals surface area contributed by atoms with Gasteiger partial charge in [0, 0.05) is 24.4 Å². The third kappa shape index (κ3) is 25.0. The highest BCUT2D eigenvalue weighted by Crippen LogP contribution is 2.31. The van der Waals surface area contributed by atoms with Crippen LogP contribution in [0.1, 0.15) is 264 Å². The second kappa shape index (κ2) is 33.1. The largest absolute Gasteiger partial charge is 0.332 e. The summed E-state index contributed by atoms with van der Waals surface area (Å²) in [5, 5.41) is 0. The van der Waals surface area contributed by atoms with Gasteiger partial charge in [-0.25, -0.2) is 4.98 Å². The maximum atomic E-state index is 5.02. The van der Waals surface area contributed by atoms with Crippen LogP contribution in [0.5, 0.6) is 0 Å². The lowest BCUT2D eigenvalue weighted by molar-refractivity contribution is 0.412. The third-order valence-corrected chi connectivity index (χ3v) is 10.6. The second-order valence-electron chi connectivity index (χ2n) is 15.0. The first-order valence-electron chi connectivity index (χ1n) is 21.3. The number of hydrogen-bond donors (Lipinski definition) is 0. The summed E-state index contributed by atoms with van der Waals surface area (Å²) in [7, 11) is 0. The fraction of sp³-hybridized carbons (Fsp3) is 0.930. The van der Waals surface area contributed by atoms with Crippen molar-refractivity contribution in [3.63, 3.8) is 0 Å². The summed E-state index contributed by atoms with van der Waals surface area (Å²) in [4.78, 5) is 5.02. The topological polar surface area (TPSA) is 17.8 Å². The van der Waals surface area contributed by atoms with Gasteiger partial charge in [-0.15, -0.1) is 0 Å². The molecule has 266 valence electrons. The van der Waals surface area contributed by atoms with Gasteiger partial charge in [-0.05, 0) is 26.2 Å². The van der Waals surface area contributed by atoms with Crippen molar-refractivity contribution in [1.82, 2.24) is 9.55 Å². The predicted octanol–water partition coefficient (Wildman–Crippen LogP) is 15.9. The highest BCUT2D eigenvalue weighted by atomic mass is 15.1. The summed E-state index contributed by atoms with van der Waals surface area (Å²) < 4.78 is 2.58. The molecular weight excluding hydrogens is 544 g/mol. The van der Waals surface area contributed by atoms with Crippen LogP contribution in [0.15, 0.2) is 12.4 Å². The number of rotatable bonds is 36. The SMILES string of the molecule is CCCCCCCCCCCCCCCC(CCCCCCCCCCCCCCC)c1nccn1C(C)CCCCCCC. The summed E-state index contributed by atoms with van der Waals surface area (Å²) >= 11 is 0. The highest BCUT2D eigenvalue weighted by molar-refractivity contribution is 5.02. The normalized spacial score (nSPS) is 12.5. The molecule has 0 amide bonds. The molecule has 0 bridgehead atoms. The predicted molar refractivity (Wildman–Crippen MR) is 204 cm³/mol. The summed E-state index contributed by atoms with van der Waals surface area (Å²) in [6.07, 6.45) is 52.7. The Morgan fingerprint density at radius 3 is 1.04 bits per heavy atom. The Balaban J connectivity index is 2.36. The van der Waals surface area contributed by atoms with Crippen LogP contribution in [-0.4, -0.2) is 9.55 Å². The molecule has 45 heavy (non-hydrogen) atoms. The van der Waals surface area contributed by atoms with E-state index in [-0.39, 0.29) is 0 Å². The molecule has 0 saturated heterocycles. The lowest BCUT2D eigenvalue weighted by Crippen LogP contribution is -2.13. The van der Waals surface area contributed by atoms with Crippen LogP contribution in [0.2, 0.25) is 0 Å². The number of nitrogens with zero attached hydrogens (tertiary/aromatic N) is 2. The van der Waals surface area contributed by atoms with E-state index in [0.29, 0.717) is 12.0 Å². The maximum absolute atomic E-state index is 5.02. The molecule has 0 aliphatic heterocycles. The van der Waals surface area contributed by atoms with Gasteiger partial charge >= 0.3 is 0 Å². The fourth-order valence-electron chi connectivity index (χ4n) is 7.42. The molecule has 0 radical (unpaired) electrons. The average molecular weight is 629 g/mol. The van der Waals surface area contributed by atoms with E-state index >= 15 is 0 Å². The van der Waals surface area contributed by atoms with Crippen LogP contribution < -0.4 is 0 Å². The molecule has 0 spiro atoms. The third-order valence-electron chi connectivity index (χ3n) is 10.6. The van der Waals surface area contributed by atoms with E-state index in [2.05, 4.69) is 44.7 Å². The molecule has 0 aliphatic rings. The molecule has 1 atom stereocenters. The van der Waals surface area contributed by atoms with Gasteiger partial charge in [-0.1, -0.05) is 220 Å². The first-order valence-corrected chi connectivity index (χ1v) is 21.3. The molecule has 0 aromatic carbocycles. The van der Waals surface area contributed by atoms with Crippen LogP contribution in [0, 0.1) is 0 Å². The summed E-state index contributed by atoms with van der Waals surface area (Å²) in [5.74, 6) is 2.07. The van der Waals surface area contributed by atoms with Crippen molar-refractivity contribution in [3.05, 3.63) is 18.2 Å². The van der Waals surface area contributed by atoms with Crippen LogP contribution in [0.25, 0.3) is 0 Å². The zero-order valence-electron chi connectivity index (χ0n) is 31.7. The summed E-state index contributed by atoms with van der Waals surface area (Å²) in [6.45, 7) is 9.38. The molecule has 2 nitrogen and oxygen atoms in total. The smallest absolute Gasteiger partial charge is 0.111 e. The Morgan fingerprint density at radius 1 is 0.422 bits per heavy atom. The Morgan fingerprint density at radius 2 is 0.711 bits per heavy atom. The molecule has 1 unspecified atom stereocenters. The fourth-order valence-corrected chi connectivity index (χ4v) is 7.42. The van der Waals surface area contributed by atoms with E-state index in [4.69, 9.17) is 4.98 Å². The maximum Gasteiger partial charge on any atom is 0.111 e. The van der Waals surface area contributed by atoms with E-state index in [1.165, 1.54) is 224 Å². The van der Waals surface area contributed by atoms with Gasteiger partial charge in [0.1, 0.15) is 5.82 Å². The number of hydrogen-bond acceptors (Lipinski definition) is 1. The van der Waals surface area contributed by atoms with Crippen molar-refractivity contribution in [2.45, 2.75) is 258 Å². The summed E-state index contributed by atoms with van der Waals surface area (Å²) in [5.41, 5.74) is 0. The van der Waals surface area contributed by atoms with E-state index in [1.54, 1.807) is 0 Å². The van der Waals surface area contributed by atoms with E-state index in [0.717, 1.165) is 0 Å². The van der Waals surface area contributed by atoms with Crippen molar-refractivity contribution in [3.8, 4) is 0 Å². The van der Waals surface area contributed by atoms with Crippen molar-refractivity contribution in [2.75, 3.05) is 0 Å². The molecule has 0 N–H and O–H groups in total. The lowest BCUT2D eigenvalue weighted by Gasteiger charge is -2.22. The number of imidazole rings is 1. The first kappa shape index (κ1) is 42.2. The van der Waals surface area contributed by atoms with Gasteiger partial charge in [0.2, 0.25) is 0 Å². The van der Waals surface area contributed by atoms with Crippen LogP contribution in [0.4, 0.5) is 0 Å². The van der Waals surface area contributed by atoms with Crippen LogP contribution in [-0.2, 0) is 0 Å². The molecule has 0 fully saturated rings. The molecule has 1 aromatic heterocycles. The molecule has 1 heterocycles. The van der Waals surface area contributed by atoms with Gasteiger partial charge in [-0.3, -0.25) is 0 Å². The molecule has 0 saturated carbocycles. The lowest BCUT2D eigenvalue weighted by atomic mass is 9.92. The van der Waals surface area contributed by atoms with Gasteiger partial charge in [0.25, 0.3) is 0 Å². The zero-order chi connectivity index (χ0) is 32.5. The molecule has 2 heteroatoms. The van der Waals surface area contributed by atoms with E-state index in [1.807, 2.05) is 0 Å². The van der Waals surface area contributed by atoms with Gasteiger partial charge in [0.05, 0.1) is 0 Å². The molecule has 1 aromatic rings. The van der Waals surface area contributed by atoms with Crippen LogP contribution >= 0.6 is 0 Å². The minimum absolute atomic E-state index is 0.588. The van der Waals surface area contributed by atoms with Crippen molar-refractivity contribution >= 4 is 0 Å². The Hall–Kier alpha value is -0.790. The first-order chi connectivity index (χ1) is 22.2. The molecular formula is C43H84N2. The highest BCUT2D eigenvalue weighted by Gasteiger charge is 2.19. The Bertz CT molecular complexity index is 664. The van der Waals surface area contributed by atoms with Crippen molar-refractivity contribution in [2.24, 2.45) is 0 Å². The van der Waals surface area contributed by atoms with Crippen molar-refractivity contribution < 1.29 is 0 Å². The van der Waals surface area contributed by atoms with E-state index in [9.17, 15) is 0 Å². The molecule has 0 aliphatic carbocycles. The quantitative estimate of drug-likeness (QED) is 0.0676. The van der Waals surface area contributed by atoms with Gasteiger partial charge in [0.15, 0.2) is 0 Å². The standard InChI is InChI=1S/C43H84N2/c1-5-8-11-14-16-18-20-22-24-26-28-31-34-37-42(38-35-32-29-27-25-23-21-19-17-15-12-9-6-2)43-44-39-40-45(43)41(4)36-33-30-13-10-7-3/h39-42H,5-38H2,1-4H3. The Labute approximate surface area is 285 Å². The minimum Gasteiger partial charge on any atom is -0.332 e. The zero-order valence-corrected chi connectivity index (χ0v) is 31.7. The summed E-state index contributed by atoms with van der Waals surface area (Å²) in [6, 6.07) is 0.588. The minimum atomic E-state index is 0.588. The van der Waals surface area contributed by atoms with Crippen LogP contribution in [0.3, 0.4) is 0 Å². The van der Waals surface area contributed by atoms with E-state index < -0.39 is 0 Å². The molecule has 1 rings (SSSR count). The second-order valence-corrected chi connectivity index (χ2v) is 15.0. The average Bonchev–Trinajstić information content (AvgIpc) is 3.54.